The minimum atomic E-state index is -2.87. The van der Waals surface area contributed by atoms with Gasteiger partial charge in [0.1, 0.15) is 5.82 Å². The molecule has 0 saturated carbocycles. The number of likely N-dealkylation sites (tertiary alicyclic amines) is 1. The maximum atomic E-state index is 15.4. The second kappa shape index (κ2) is 10.1. The first-order chi connectivity index (χ1) is 18.9. The predicted molar refractivity (Wildman–Crippen MR) is 137 cm³/mol. The van der Waals surface area contributed by atoms with Crippen molar-refractivity contribution in [3.63, 3.8) is 0 Å². The summed E-state index contributed by atoms with van der Waals surface area (Å²) in [6.45, 7) is 1.80. The molecule has 5 aromatic rings. The third-order valence-corrected chi connectivity index (χ3v) is 7.10. The molecule has 6 rings (SSSR count). The zero-order chi connectivity index (χ0) is 27.1. The van der Waals surface area contributed by atoms with Crippen molar-refractivity contribution in [3.05, 3.63) is 82.9 Å². The van der Waals surface area contributed by atoms with Crippen LogP contribution in [-0.4, -0.2) is 54.3 Å². The highest BCUT2D eigenvalue weighted by Gasteiger charge is 2.26. The molecule has 9 nitrogen and oxygen atoms in total. The first-order valence-electron chi connectivity index (χ1n) is 12.5. The van der Waals surface area contributed by atoms with Gasteiger partial charge in [-0.25, -0.2) is 9.18 Å². The quantitative estimate of drug-likeness (QED) is 0.311. The maximum Gasteiger partial charge on any atom is 0.329 e. The van der Waals surface area contributed by atoms with Gasteiger partial charge in [0.2, 0.25) is 5.89 Å². The number of nitrogens with zero attached hydrogens (tertiary/aromatic N) is 7. The smallest absolute Gasteiger partial charge is 0.329 e. The fourth-order valence-electron chi connectivity index (χ4n) is 5.04. The topological polar surface area (TPSA) is 94.9 Å². The number of benzene rings is 1. The Kier molecular flexibility index (Phi) is 6.47. The standard InChI is InChI=1S/C27H24F3N7O2/c1-35-9-6-19(7-10-35)37-23-11-20(16-3-2-8-31-13-16)21(28)12-22(23)36(27(37)38)15-18-5-4-17(14-32-18)25-33-34-26(39-25)24(29)30/h2-5,8,11-14,19,24H,6-7,9-10,15H2,1H3. The van der Waals surface area contributed by atoms with Crippen molar-refractivity contribution in [3.8, 4) is 22.6 Å². The van der Waals surface area contributed by atoms with E-state index in [0.29, 0.717) is 33.4 Å². The van der Waals surface area contributed by atoms with E-state index >= 15 is 4.39 Å². The molecule has 0 aliphatic carbocycles. The lowest BCUT2D eigenvalue weighted by atomic mass is 10.0. The Bertz CT molecular complexity index is 1670. The van der Waals surface area contributed by atoms with Crippen LogP contribution in [0.4, 0.5) is 13.2 Å². The monoisotopic (exact) mass is 535 g/mol. The lowest BCUT2D eigenvalue weighted by molar-refractivity contribution is 0.116. The maximum absolute atomic E-state index is 15.4. The van der Waals surface area contributed by atoms with E-state index in [4.69, 9.17) is 4.42 Å². The molecule has 200 valence electrons. The first-order valence-corrected chi connectivity index (χ1v) is 12.5. The predicted octanol–water partition coefficient (Wildman–Crippen LogP) is 4.70. The minimum absolute atomic E-state index is 0.0263. The van der Waals surface area contributed by atoms with Gasteiger partial charge in [-0.05, 0) is 57.2 Å². The summed E-state index contributed by atoms with van der Waals surface area (Å²) in [6, 6.07) is 9.87. The molecule has 0 atom stereocenters. The summed E-state index contributed by atoms with van der Waals surface area (Å²) in [6.07, 6.45) is 3.36. The van der Waals surface area contributed by atoms with Crippen LogP contribution < -0.4 is 5.69 Å². The van der Waals surface area contributed by atoms with Crippen LogP contribution in [0.3, 0.4) is 0 Å². The van der Waals surface area contributed by atoms with Crippen molar-refractivity contribution in [2.24, 2.45) is 0 Å². The number of aromatic nitrogens is 6. The van der Waals surface area contributed by atoms with Gasteiger partial charge in [-0.15, -0.1) is 10.2 Å². The minimum Gasteiger partial charge on any atom is -0.415 e. The van der Waals surface area contributed by atoms with Gasteiger partial charge < -0.3 is 9.32 Å². The van der Waals surface area contributed by atoms with E-state index in [1.807, 2.05) is 0 Å². The molecule has 1 aliphatic heterocycles. The van der Waals surface area contributed by atoms with Gasteiger partial charge in [-0.3, -0.25) is 19.1 Å². The van der Waals surface area contributed by atoms with Crippen LogP contribution in [0.15, 0.2) is 64.2 Å². The molecule has 1 fully saturated rings. The molecule has 1 aromatic carbocycles. The lowest BCUT2D eigenvalue weighted by Gasteiger charge is -2.29. The fraction of sp³-hybridized carbons (Fsp3) is 0.296. The number of hydrogen-bond donors (Lipinski definition) is 0. The largest absolute Gasteiger partial charge is 0.415 e. The van der Waals surface area contributed by atoms with Crippen LogP contribution in [-0.2, 0) is 6.54 Å². The van der Waals surface area contributed by atoms with E-state index < -0.39 is 18.1 Å². The number of hydrogen-bond acceptors (Lipinski definition) is 7. The summed E-state index contributed by atoms with van der Waals surface area (Å²) in [5.41, 5.74) is 2.76. The zero-order valence-electron chi connectivity index (χ0n) is 21.0. The summed E-state index contributed by atoms with van der Waals surface area (Å²) in [5.74, 6) is -1.31. The normalized spacial score (nSPS) is 15.0. The van der Waals surface area contributed by atoms with Gasteiger partial charge in [-0.1, -0.05) is 6.07 Å². The number of halogens is 3. The van der Waals surface area contributed by atoms with Crippen LogP contribution in [0.1, 0.15) is 36.9 Å². The Labute approximate surface area is 220 Å². The van der Waals surface area contributed by atoms with Crippen molar-refractivity contribution in [2.45, 2.75) is 31.9 Å². The van der Waals surface area contributed by atoms with Crippen LogP contribution >= 0.6 is 0 Å². The van der Waals surface area contributed by atoms with Gasteiger partial charge >= 0.3 is 12.1 Å². The number of piperidine rings is 1. The Hall–Kier alpha value is -4.32. The Balaban J connectivity index is 1.41. The summed E-state index contributed by atoms with van der Waals surface area (Å²) in [4.78, 5) is 24.5. The highest BCUT2D eigenvalue weighted by molar-refractivity contribution is 5.83. The van der Waals surface area contributed by atoms with Gasteiger partial charge in [0.05, 0.1) is 28.8 Å². The molecule has 39 heavy (non-hydrogen) atoms. The molecular formula is C27H24F3N7O2. The van der Waals surface area contributed by atoms with Gasteiger partial charge in [0.15, 0.2) is 0 Å². The molecule has 0 bridgehead atoms. The van der Waals surface area contributed by atoms with Crippen molar-refractivity contribution in [2.75, 3.05) is 20.1 Å². The summed E-state index contributed by atoms with van der Waals surface area (Å²) in [7, 11) is 2.05. The molecule has 0 unspecified atom stereocenters. The SMILES string of the molecule is CN1CCC(n2c(=O)n(Cc3ccc(-c4nnc(C(F)F)o4)cn3)c3cc(F)c(-c4cccnc4)cc32)CC1. The number of alkyl halides is 2. The van der Waals surface area contributed by atoms with E-state index in [-0.39, 0.29) is 24.2 Å². The Morgan fingerprint density at radius 3 is 2.54 bits per heavy atom. The zero-order valence-corrected chi connectivity index (χ0v) is 21.0. The molecule has 0 amide bonds. The number of imidazole rings is 1. The van der Waals surface area contributed by atoms with Crippen LogP contribution in [0, 0.1) is 5.82 Å². The molecule has 0 N–H and O–H groups in total. The van der Waals surface area contributed by atoms with Gasteiger partial charge in [0, 0.05) is 41.8 Å². The molecule has 0 radical (unpaired) electrons. The van der Waals surface area contributed by atoms with E-state index in [9.17, 15) is 13.6 Å². The molecule has 12 heteroatoms. The van der Waals surface area contributed by atoms with Gasteiger partial charge in [0.25, 0.3) is 5.89 Å². The third-order valence-electron chi connectivity index (χ3n) is 7.10. The second-order valence-electron chi connectivity index (χ2n) is 9.62. The highest BCUT2D eigenvalue weighted by atomic mass is 19.3. The molecule has 1 saturated heterocycles. The van der Waals surface area contributed by atoms with E-state index in [1.54, 1.807) is 47.3 Å². The van der Waals surface area contributed by atoms with Crippen molar-refractivity contribution < 1.29 is 17.6 Å². The molecular weight excluding hydrogens is 511 g/mol. The van der Waals surface area contributed by atoms with E-state index in [1.165, 1.54) is 16.8 Å². The number of rotatable bonds is 6. The van der Waals surface area contributed by atoms with E-state index in [2.05, 4.69) is 32.1 Å². The molecule has 4 aromatic heterocycles. The average molecular weight is 536 g/mol. The van der Waals surface area contributed by atoms with Crippen LogP contribution in [0.25, 0.3) is 33.6 Å². The van der Waals surface area contributed by atoms with Gasteiger partial charge in [-0.2, -0.15) is 8.78 Å². The fourth-order valence-corrected chi connectivity index (χ4v) is 5.04. The van der Waals surface area contributed by atoms with Crippen molar-refractivity contribution in [1.29, 1.82) is 0 Å². The van der Waals surface area contributed by atoms with Crippen LogP contribution in [0.2, 0.25) is 0 Å². The van der Waals surface area contributed by atoms with Crippen LogP contribution in [0.5, 0.6) is 0 Å². The summed E-state index contributed by atoms with van der Waals surface area (Å²) in [5, 5.41) is 6.97. The summed E-state index contributed by atoms with van der Waals surface area (Å²) >= 11 is 0. The Morgan fingerprint density at radius 2 is 1.87 bits per heavy atom. The Morgan fingerprint density at radius 1 is 1.05 bits per heavy atom. The second-order valence-corrected chi connectivity index (χ2v) is 9.62. The molecule has 1 aliphatic rings. The number of pyridine rings is 2. The lowest BCUT2D eigenvalue weighted by Crippen LogP contribution is -2.36. The summed E-state index contributed by atoms with van der Waals surface area (Å²) < 4.78 is 49.3. The average Bonchev–Trinajstić information content (AvgIpc) is 3.54. The van der Waals surface area contributed by atoms with Crippen molar-refractivity contribution in [1.82, 2.24) is 34.2 Å². The third kappa shape index (κ3) is 4.71. The van der Waals surface area contributed by atoms with E-state index in [0.717, 1.165) is 25.9 Å². The van der Waals surface area contributed by atoms with Crippen molar-refractivity contribution >= 4 is 11.0 Å². The number of fused-ring (bicyclic) bond motifs is 1. The molecule has 5 heterocycles. The first kappa shape index (κ1) is 25.0. The highest BCUT2D eigenvalue weighted by Crippen LogP contribution is 2.31. The molecule has 0 spiro atoms.